The Morgan fingerprint density at radius 3 is 2.09 bits per heavy atom. The Bertz CT molecular complexity index is 132. The van der Waals surface area contributed by atoms with Gasteiger partial charge in [0.15, 0.2) is 0 Å². The van der Waals surface area contributed by atoms with Crippen molar-refractivity contribution in [1.29, 1.82) is 0 Å². The molecule has 3 unspecified atom stereocenters. The minimum absolute atomic E-state index is 0.00458. The fraction of sp³-hybridized carbons (Fsp3) is 0.889. The number of Topliss-reactive ketones (excluding diaryl/α,β-unsaturated/α-hetero) is 1. The van der Waals surface area contributed by atoms with E-state index in [-0.39, 0.29) is 17.9 Å². The Morgan fingerprint density at radius 1 is 1.36 bits per heavy atom. The number of hydrogen-bond donors (Lipinski definition) is 1. The number of nitrogens with two attached hydrogens (primary N) is 1. The molecule has 0 aromatic carbocycles. The van der Waals surface area contributed by atoms with E-state index in [0.717, 1.165) is 6.42 Å². The van der Waals surface area contributed by atoms with E-state index in [4.69, 9.17) is 5.73 Å². The molecule has 0 radical (unpaired) electrons. The number of carbonyl (C=O) groups excluding carboxylic acids is 1. The highest BCUT2D eigenvalue weighted by atomic mass is 16.1. The highest BCUT2D eigenvalue weighted by Crippen LogP contribution is 2.12. The molecule has 2 N–H and O–H groups in total. The summed E-state index contributed by atoms with van der Waals surface area (Å²) in [7, 11) is 0. The molecule has 66 valence electrons. The summed E-state index contributed by atoms with van der Waals surface area (Å²) in [5, 5.41) is 0. The molecular weight excluding hydrogens is 138 g/mol. The molecule has 0 aliphatic carbocycles. The van der Waals surface area contributed by atoms with E-state index in [1.54, 1.807) is 0 Å². The van der Waals surface area contributed by atoms with Gasteiger partial charge in [-0.3, -0.25) is 4.79 Å². The Balaban J connectivity index is 4.02. The molecular formula is C9H19NO. The van der Waals surface area contributed by atoms with Crippen LogP contribution in [0.15, 0.2) is 0 Å². The van der Waals surface area contributed by atoms with E-state index in [2.05, 4.69) is 0 Å². The van der Waals surface area contributed by atoms with Crippen LogP contribution in [0.3, 0.4) is 0 Å². The van der Waals surface area contributed by atoms with Gasteiger partial charge in [-0.05, 0) is 13.3 Å². The van der Waals surface area contributed by atoms with Gasteiger partial charge in [0.25, 0.3) is 0 Å². The molecule has 0 bridgehead atoms. The van der Waals surface area contributed by atoms with E-state index in [1.165, 1.54) is 0 Å². The summed E-state index contributed by atoms with van der Waals surface area (Å²) in [5.41, 5.74) is 5.61. The molecule has 2 heteroatoms. The number of hydrogen-bond acceptors (Lipinski definition) is 2. The molecule has 0 saturated heterocycles. The zero-order valence-electron chi connectivity index (χ0n) is 7.92. The van der Waals surface area contributed by atoms with Gasteiger partial charge in [0, 0.05) is 17.9 Å². The van der Waals surface area contributed by atoms with Crippen LogP contribution in [0.4, 0.5) is 0 Å². The summed E-state index contributed by atoms with van der Waals surface area (Å²) in [6.45, 7) is 7.77. The third kappa shape index (κ3) is 3.02. The Hall–Kier alpha value is -0.370. The molecule has 0 aromatic rings. The minimum Gasteiger partial charge on any atom is -0.327 e. The van der Waals surface area contributed by atoms with Crippen molar-refractivity contribution in [1.82, 2.24) is 0 Å². The minimum atomic E-state index is -0.0171. The molecule has 0 spiro atoms. The molecule has 0 aromatic heterocycles. The van der Waals surface area contributed by atoms with E-state index in [9.17, 15) is 4.79 Å². The van der Waals surface area contributed by atoms with Crippen LogP contribution >= 0.6 is 0 Å². The van der Waals surface area contributed by atoms with Crippen molar-refractivity contribution >= 4 is 5.78 Å². The highest BCUT2D eigenvalue weighted by molar-refractivity contribution is 5.83. The average Bonchev–Trinajstić information content (AvgIpc) is 2.00. The van der Waals surface area contributed by atoms with Crippen LogP contribution in [0, 0.1) is 11.8 Å². The third-order valence-electron chi connectivity index (χ3n) is 2.34. The van der Waals surface area contributed by atoms with Crippen molar-refractivity contribution in [2.75, 3.05) is 0 Å². The molecule has 0 saturated carbocycles. The van der Waals surface area contributed by atoms with Crippen LogP contribution in [-0.4, -0.2) is 11.8 Å². The Labute approximate surface area is 69.2 Å². The third-order valence-corrected chi connectivity index (χ3v) is 2.34. The SMILES string of the molecule is CCC(C)C(=O)C(C)C(C)N. The summed E-state index contributed by atoms with van der Waals surface area (Å²) < 4.78 is 0. The normalized spacial score (nSPS) is 19.0. The predicted molar refractivity (Wildman–Crippen MR) is 47.3 cm³/mol. The largest absolute Gasteiger partial charge is 0.327 e. The second kappa shape index (κ2) is 4.50. The van der Waals surface area contributed by atoms with Gasteiger partial charge >= 0.3 is 0 Å². The maximum Gasteiger partial charge on any atom is 0.140 e. The van der Waals surface area contributed by atoms with E-state index < -0.39 is 0 Å². The molecule has 3 atom stereocenters. The van der Waals surface area contributed by atoms with Crippen molar-refractivity contribution in [3.8, 4) is 0 Å². The molecule has 0 heterocycles. The first-order valence-corrected chi connectivity index (χ1v) is 4.30. The van der Waals surface area contributed by atoms with Crippen LogP contribution in [0.5, 0.6) is 0 Å². The maximum atomic E-state index is 11.4. The fourth-order valence-corrected chi connectivity index (χ4v) is 0.909. The summed E-state index contributed by atoms with van der Waals surface area (Å²) in [6, 6.07) is -0.0171. The van der Waals surface area contributed by atoms with Crippen molar-refractivity contribution in [2.45, 2.75) is 40.2 Å². The lowest BCUT2D eigenvalue weighted by Gasteiger charge is -2.17. The van der Waals surface area contributed by atoms with Gasteiger partial charge in [0.05, 0.1) is 0 Å². The standard InChI is InChI=1S/C9H19NO/c1-5-6(2)9(11)7(3)8(4)10/h6-8H,5,10H2,1-4H3. The van der Waals surface area contributed by atoms with Gasteiger partial charge in [-0.2, -0.15) is 0 Å². The van der Waals surface area contributed by atoms with Crippen molar-refractivity contribution in [2.24, 2.45) is 17.6 Å². The van der Waals surface area contributed by atoms with Crippen molar-refractivity contribution in [3.05, 3.63) is 0 Å². The van der Waals surface area contributed by atoms with Crippen LogP contribution in [0.2, 0.25) is 0 Å². The first-order valence-electron chi connectivity index (χ1n) is 4.30. The molecule has 11 heavy (non-hydrogen) atoms. The molecule has 0 amide bonds. The smallest absolute Gasteiger partial charge is 0.140 e. The number of carbonyl (C=O) groups is 1. The summed E-state index contributed by atoms with van der Waals surface area (Å²) in [6.07, 6.45) is 0.913. The van der Waals surface area contributed by atoms with E-state index in [0.29, 0.717) is 5.78 Å². The van der Waals surface area contributed by atoms with Gasteiger partial charge in [0.1, 0.15) is 5.78 Å². The number of rotatable bonds is 4. The topological polar surface area (TPSA) is 43.1 Å². The van der Waals surface area contributed by atoms with Crippen molar-refractivity contribution < 1.29 is 4.79 Å². The summed E-state index contributed by atoms with van der Waals surface area (Å²) in [4.78, 5) is 11.4. The van der Waals surface area contributed by atoms with E-state index >= 15 is 0 Å². The molecule has 0 aliphatic heterocycles. The quantitative estimate of drug-likeness (QED) is 0.673. The summed E-state index contributed by atoms with van der Waals surface area (Å²) >= 11 is 0. The molecule has 2 nitrogen and oxygen atoms in total. The second-order valence-corrected chi connectivity index (χ2v) is 3.36. The first kappa shape index (κ1) is 10.6. The zero-order chi connectivity index (χ0) is 9.02. The second-order valence-electron chi connectivity index (χ2n) is 3.36. The summed E-state index contributed by atoms with van der Waals surface area (Å²) in [5.74, 6) is 0.462. The van der Waals surface area contributed by atoms with Gasteiger partial charge in [-0.15, -0.1) is 0 Å². The lowest BCUT2D eigenvalue weighted by Crippen LogP contribution is -2.33. The zero-order valence-corrected chi connectivity index (χ0v) is 7.92. The van der Waals surface area contributed by atoms with Gasteiger partial charge in [0.2, 0.25) is 0 Å². The Kier molecular flexibility index (Phi) is 4.34. The number of ketones is 1. The van der Waals surface area contributed by atoms with Gasteiger partial charge in [-0.1, -0.05) is 20.8 Å². The molecule has 0 rings (SSSR count). The maximum absolute atomic E-state index is 11.4. The van der Waals surface area contributed by atoms with Crippen LogP contribution in [0.25, 0.3) is 0 Å². The van der Waals surface area contributed by atoms with Crippen molar-refractivity contribution in [3.63, 3.8) is 0 Å². The van der Waals surface area contributed by atoms with Crippen LogP contribution in [0.1, 0.15) is 34.1 Å². The average molecular weight is 157 g/mol. The predicted octanol–water partition coefficient (Wildman–Crippen LogP) is 1.58. The molecule has 0 fully saturated rings. The first-order chi connectivity index (χ1) is 5.00. The molecule has 0 aliphatic rings. The van der Waals surface area contributed by atoms with E-state index in [1.807, 2.05) is 27.7 Å². The highest BCUT2D eigenvalue weighted by Gasteiger charge is 2.20. The fourth-order valence-electron chi connectivity index (χ4n) is 0.909. The van der Waals surface area contributed by atoms with Crippen LogP contribution in [-0.2, 0) is 4.79 Å². The monoisotopic (exact) mass is 157 g/mol. The van der Waals surface area contributed by atoms with Gasteiger partial charge < -0.3 is 5.73 Å². The lowest BCUT2D eigenvalue weighted by atomic mass is 9.89. The van der Waals surface area contributed by atoms with Crippen LogP contribution < -0.4 is 5.73 Å². The van der Waals surface area contributed by atoms with Gasteiger partial charge in [-0.25, -0.2) is 0 Å². The lowest BCUT2D eigenvalue weighted by molar-refractivity contribution is -0.126. The Morgan fingerprint density at radius 2 is 1.82 bits per heavy atom.